The van der Waals surface area contributed by atoms with Crippen LogP contribution in [0.2, 0.25) is 5.02 Å². The molecule has 5 rings (SSSR count). The zero-order valence-electron chi connectivity index (χ0n) is 16.8. The summed E-state index contributed by atoms with van der Waals surface area (Å²) in [6.45, 7) is 1.71. The minimum absolute atomic E-state index is 0.0434. The van der Waals surface area contributed by atoms with E-state index in [2.05, 4.69) is 10.7 Å². The van der Waals surface area contributed by atoms with Gasteiger partial charge < -0.3 is 15.3 Å². The standard InChI is InChI=1S/C23H16ClN3O4S/c1-11-8-9-15(31-11)20(28)17-19(12-4-2-5-13(25)10-12)27(22(30)21(17)29)23-26-18-14(24)6-3-7-16(18)32-23/h2-10,19,29H,25H2,1H3/p+1. The number of benzene rings is 2. The van der Waals surface area contributed by atoms with E-state index in [1.807, 2.05) is 12.1 Å². The molecule has 0 spiro atoms. The molecule has 1 aliphatic rings. The number of anilines is 1. The van der Waals surface area contributed by atoms with E-state index < -0.39 is 23.5 Å². The molecule has 0 aliphatic carbocycles. The molecule has 0 bridgehead atoms. The molecular weight excluding hydrogens is 450 g/mol. The summed E-state index contributed by atoms with van der Waals surface area (Å²) >= 11 is 7.54. The van der Waals surface area contributed by atoms with Gasteiger partial charge in [-0.15, -0.1) is 0 Å². The fourth-order valence-electron chi connectivity index (χ4n) is 3.81. The predicted octanol–water partition coefficient (Wildman–Crippen LogP) is 4.51. The minimum Gasteiger partial charge on any atom is -0.503 e. The number of amides is 1. The molecule has 160 valence electrons. The van der Waals surface area contributed by atoms with Gasteiger partial charge in [-0.25, -0.2) is 4.98 Å². The summed E-state index contributed by atoms with van der Waals surface area (Å²) in [5, 5.41) is 11.6. The Labute approximate surface area is 191 Å². The van der Waals surface area contributed by atoms with Gasteiger partial charge in [-0.05, 0) is 42.8 Å². The van der Waals surface area contributed by atoms with Crippen molar-refractivity contribution < 1.29 is 24.8 Å². The molecule has 1 unspecified atom stereocenters. The van der Waals surface area contributed by atoms with E-state index in [0.29, 0.717) is 32.7 Å². The molecule has 1 amide bonds. The van der Waals surface area contributed by atoms with Crippen molar-refractivity contribution in [2.75, 3.05) is 4.90 Å². The van der Waals surface area contributed by atoms with E-state index in [9.17, 15) is 14.7 Å². The molecule has 0 fully saturated rings. The first kappa shape index (κ1) is 20.4. The summed E-state index contributed by atoms with van der Waals surface area (Å²) in [6, 6.07) is 14.8. The zero-order chi connectivity index (χ0) is 22.6. The summed E-state index contributed by atoms with van der Waals surface area (Å²) in [6.07, 6.45) is 0. The third kappa shape index (κ3) is 3.20. The number of quaternary nitrogens is 1. The molecular formula is C23H17ClN3O4S+. The highest BCUT2D eigenvalue weighted by atomic mass is 35.5. The molecule has 4 N–H and O–H groups in total. The number of ketones is 1. The molecule has 4 aromatic rings. The van der Waals surface area contributed by atoms with E-state index in [1.54, 1.807) is 43.3 Å². The average Bonchev–Trinajstić information content (AvgIpc) is 3.45. The predicted molar refractivity (Wildman–Crippen MR) is 121 cm³/mol. The maximum Gasteiger partial charge on any atom is 0.296 e. The fourth-order valence-corrected chi connectivity index (χ4v) is 5.10. The molecule has 1 atom stereocenters. The number of halogens is 1. The fraction of sp³-hybridized carbons (Fsp3) is 0.0870. The van der Waals surface area contributed by atoms with Crippen LogP contribution in [0.4, 0.5) is 10.8 Å². The molecule has 9 heteroatoms. The number of aryl methyl sites for hydroxylation is 1. The second-order valence-electron chi connectivity index (χ2n) is 7.41. The van der Waals surface area contributed by atoms with Crippen molar-refractivity contribution in [2.45, 2.75) is 13.0 Å². The molecule has 0 saturated heterocycles. The normalized spacial score (nSPS) is 16.4. The molecule has 3 heterocycles. The second-order valence-corrected chi connectivity index (χ2v) is 8.82. The first-order chi connectivity index (χ1) is 15.3. The van der Waals surface area contributed by atoms with Crippen LogP contribution >= 0.6 is 22.9 Å². The van der Waals surface area contributed by atoms with Crippen molar-refractivity contribution in [3.05, 3.63) is 88.0 Å². The number of furan rings is 1. The van der Waals surface area contributed by atoms with E-state index in [4.69, 9.17) is 16.0 Å². The first-order valence-electron chi connectivity index (χ1n) is 9.70. The van der Waals surface area contributed by atoms with Gasteiger partial charge >= 0.3 is 0 Å². The highest BCUT2D eigenvalue weighted by molar-refractivity contribution is 7.22. The number of fused-ring (bicyclic) bond motifs is 1. The lowest BCUT2D eigenvalue weighted by Crippen LogP contribution is -2.40. The zero-order valence-corrected chi connectivity index (χ0v) is 18.4. The number of hydrogen-bond donors (Lipinski definition) is 2. The molecule has 0 saturated carbocycles. The number of aliphatic hydroxyl groups is 1. The molecule has 2 aromatic carbocycles. The minimum atomic E-state index is -0.901. The highest BCUT2D eigenvalue weighted by Gasteiger charge is 2.46. The Bertz CT molecular complexity index is 1440. The molecule has 2 aromatic heterocycles. The Morgan fingerprint density at radius 1 is 1.22 bits per heavy atom. The number of nitrogens with zero attached hydrogens (tertiary/aromatic N) is 2. The van der Waals surface area contributed by atoms with E-state index in [1.165, 1.54) is 22.3 Å². The maximum atomic E-state index is 13.3. The molecule has 1 aliphatic heterocycles. The van der Waals surface area contributed by atoms with Crippen molar-refractivity contribution in [3.8, 4) is 0 Å². The molecule has 7 nitrogen and oxygen atoms in total. The Hall–Kier alpha value is -3.46. The second kappa shape index (κ2) is 7.59. The van der Waals surface area contributed by atoms with Crippen LogP contribution in [0.1, 0.15) is 27.9 Å². The third-order valence-electron chi connectivity index (χ3n) is 5.25. The van der Waals surface area contributed by atoms with Crippen LogP contribution in [0.5, 0.6) is 0 Å². The van der Waals surface area contributed by atoms with Crippen molar-refractivity contribution in [1.82, 2.24) is 4.98 Å². The molecule has 32 heavy (non-hydrogen) atoms. The summed E-state index contributed by atoms with van der Waals surface area (Å²) < 4.78 is 6.27. The Balaban J connectivity index is 1.70. The van der Waals surface area contributed by atoms with Crippen LogP contribution in [0, 0.1) is 6.92 Å². The van der Waals surface area contributed by atoms with Crippen molar-refractivity contribution in [2.24, 2.45) is 0 Å². The van der Waals surface area contributed by atoms with Crippen LogP contribution < -0.4 is 10.6 Å². The van der Waals surface area contributed by atoms with Gasteiger partial charge in [0.05, 0.1) is 21.3 Å². The largest absolute Gasteiger partial charge is 0.503 e. The van der Waals surface area contributed by atoms with Crippen molar-refractivity contribution >= 4 is 55.7 Å². The van der Waals surface area contributed by atoms with Gasteiger partial charge in [-0.1, -0.05) is 41.1 Å². The number of aliphatic hydroxyl groups excluding tert-OH is 1. The summed E-state index contributed by atoms with van der Waals surface area (Å²) in [5.41, 5.74) is 5.75. The van der Waals surface area contributed by atoms with Gasteiger partial charge in [0.25, 0.3) is 5.91 Å². The van der Waals surface area contributed by atoms with E-state index in [-0.39, 0.29) is 11.3 Å². The number of aromatic nitrogens is 1. The monoisotopic (exact) mass is 466 g/mol. The van der Waals surface area contributed by atoms with Crippen molar-refractivity contribution in [3.63, 3.8) is 0 Å². The quantitative estimate of drug-likeness (QED) is 0.430. The average molecular weight is 467 g/mol. The summed E-state index contributed by atoms with van der Waals surface area (Å²) in [7, 11) is 0. The van der Waals surface area contributed by atoms with E-state index in [0.717, 1.165) is 4.70 Å². The smallest absolute Gasteiger partial charge is 0.296 e. The number of thiazole rings is 1. The Morgan fingerprint density at radius 2 is 2.00 bits per heavy atom. The van der Waals surface area contributed by atoms with Crippen LogP contribution in [-0.2, 0) is 4.79 Å². The number of hydrogen-bond acceptors (Lipinski definition) is 6. The van der Waals surface area contributed by atoms with Gasteiger partial charge in [0, 0.05) is 6.07 Å². The van der Waals surface area contributed by atoms with Crippen LogP contribution in [-0.4, -0.2) is 21.8 Å². The maximum absolute atomic E-state index is 13.3. The van der Waals surface area contributed by atoms with Gasteiger partial charge in [0.2, 0.25) is 5.78 Å². The summed E-state index contributed by atoms with van der Waals surface area (Å²) in [4.78, 5) is 32.5. The number of carbonyl (C=O) groups excluding carboxylic acids is 2. The lowest BCUT2D eigenvalue weighted by Gasteiger charge is -2.24. The number of para-hydroxylation sites is 1. The highest BCUT2D eigenvalue weighted by Crippen LogP contribution is 2.45. The van der Waals surface area contributed by atoms with Gasteiger partial charge in [-0.3, -0.25) is 14.5 Å². The van der Waals surface area contributed by atoms with Crippen molar-refractivity contribution in [1.29, 1.82) is 0 Å². The summed E-state index contributed by atoms with van der Waals surface area (Å²) in [5.74, 6) is -1.32. The Kier molecular flexibility index (Phi) is 4.85. The van der Waals surface area contributed by atoms with E-state index >= 15 is 0 Å². The lowest BCUT2D eigenvalue weighted by atomic mass is 9.95. The SMILES string of the molecule is Cc1ccc(C(=O)C2=C(O)C(=O)N(c3nc4c(Cl)cccc4s3)C2c2cccc([NH3+])c2)o1. The Morgan fingerprint density at radius 3 is 2.69 bits per heavy atom. The third-order valence-corrected chi connectivity index (χ3v) is 6.57. The van der Waals surface area contributed by atoms with Crippen LogP contribution in [0.25, 0.3) is 10.2 Å². The van der Waals surface area contributed by atoms with Gasteiger partial charge in [-0.2, -0.15) is 0 Å². The van der Waals surface area contributed by atoms with Crippen LogP contribution in [0.15, 0.2) is 70.3 Å². The van der Waals surface area contributed by atoms with Gasteiger partial charge in [0.15, 0.2) is 16.7 Å². The van der Waals surface area contributed by atoms with Crippen LogP contribution in [0.3, 0.4) is 0 Å². The number of rotatable bonds is 4. The molecule has 0 radical (unpaired) electrons. The van der Waals surface area contributed by atoms with Gasteiger partial charge in [0.1, 0.15) is 17.0 Å². The number of Topliss-reactive ketones (excluding diaryl/α,β-unsaturated/α-hetero) is 1. The first-order valence-corrected chi connectivity index (χ1v) is 10.9. The lowest BCUT2D eigenvalue weighted by molar-refractivity contribution is -0.254. The topological polar surface area (TPSA) is 111 Å². The number of carbonyl (C=O) groups is 2.